The van der Waals surface area contributed by atoms with Crippen LogP contribution in [0.25, 0.3) is 0 Å². The Morgan fingerprint density at radius 2 is 1.81 bits per heavy atom. The van der Waals surface area contributed by atoms with Gasteiger partial charge in [0.1, 0.15) is 0 Å². The van der Waals surface area contributed by atoms with E-state index in [2.05, 4.69) is 15.3 Å². The van der Waals surface area contributed by atoms with Crippen LogP contribution in [-0.2, 0) is 16.0 Å². The van der Waals surface area contributed by atoms with Crippen molar-refractivity contribution < 1.29 is 14.3 Å². The lowest BCUT2D eigenvalue weighted by atomic mass is 10.1. The Bertz CT molecular complexity index is 1130. The first-order chi connectivity index (χ1) is 15.0. The van der Waals surface area contributed by atoms with Gasteiger partial charge in [0.25, 0.3) is 5.56 Å². The number of ether oxygens (including phenoxy) is 1. The fraction of sp³-hybridized carbons (Fsp3) is 0.217. The summed E-state index contributed by atoms with van der Waals surface area (Å²) in [6.45, 7) is 3.75. The molecular formula is C23H23N3O4S. The highest BCUT2D eigenvalue weighted by molar-refractivity contribution is 7.99. The lowest BCUT2D eigenvalue weighted by molar-refractivity contribution is -0.113. The molecule has 3 rings (SSSR count). The minimum atomic E-state index is -0.498. The second-order valence-electron chi connectivity index (χ2n) is 6.70. The van der Waals surface area contributed by atoms with Gasteiger partial charge in [-0.3, -0.25) is 9.59 Å². The number of para-hydroxylation sites is 1. The highest BCUT2D eigenvalue weighted by Gasteiger charge is 2.15. The quantitative estimate of drug-likeness (QED) is 0.317. The molecule has 1 amide bonds. The molecule has 0 atom stereocenters. The molecule has 31 heavy (non-hydrogen) atoms. The summed E-state index contributed by atoms with van der Waals surface area (Å²) in [5.74, 6) is -0.797. The van der Waals surface area contributed by atoms with Crippen molar-refractivity contribution in [3.63, 3.8) is 0 Å². The van der Waals surface area contributed by atoms with E-state index in [-0.39, 0.29) is 29.4 Å². The van der Waals surface area contributed by atoms with E-state index in [0.717, 1.165) is 17.3 Å². The van der Waals surface area contributed by atoms with Crippen LogP contribution in [-0.4, -0.2) is 34.2 Å². The van der Waals surface area contributed by atoms with Crippen molar-refractivity contribution >= 4 is 29.3 Å². The van der Waals surface area contributed by atoms with E-state index >= 15 is 0 Å². The van der Waals surface area contributed by atoms with Crippen molar-refractivity contribution in [1.82, 2.24) is 9.97 Å². The highest BCUT2D eigenvalue weighted by Crippen LogP contribution is 2.18. The van der Waals surface area contributed by atoms with Gasteiger partial charge in [-0.2, -0.15) is 0 Å². The van der Waals surface area contributed by atoms with Crippen LogP contribution in [0.15, 0.2) is 64.5 Å². The number of esters is 1. The summed E-state index contributed by atoms with van der Waals surface area (Å²) in [6.07, 6.45) is 0.491. The van der Waals surface area contributed by atoms with Crippen molar-refractivity contribution in [1.29, 1.82) is 0 Å². The van der Waals surface area contributed by atoms with Gasteiger partial charge in [0.15, 0.2) is 5.16 Å². The van der Waals surface area contributed by atoms with Crippen LogP contribution in [0.3, 0.4) is 0 Å². The molecule has 0 aliphatic rings. The Kier molecular flexibility index (Phi) is 7.61. The predicted octanol–water partition coefficient (Wildman–Crippen LogP) is 3.58. The van der Waals surface area contributed by atoms with Gasteiger partial charge in [-0.15, -0.1) is 0 Å². The fourth-order valence-corrected chi connectivity index (χ4v) is 3.67. The van der Waals surface area contributed by atoms with Crippen molar-refractivity contribution in [2.75, 3.05) is 17.7 Å². The summed E-state index contributed by atoms with van der Waals surface area (Å²) < 4.78 is 5.01. The first kappa shape index (κ1) is 22.3. The van der Waals surface area contributed by atoms with Gasteiger partial charge in [0, 0.05) is 17.7 Å². The summed E-state index contributed by atoms with van der Waals surface area (Å²) in [7, 11) is 0. The Morgan fingerprint density at radius 1 is 1.10 bits per heavy atom. The van der Waals surface area contributed by atoms with E-state index in [1.807, 2.05) is 30.3 Å². The number of aromatic amines is 1. The van der Waals surface area contributed by atoms with Crippen LogP contribution in [0, 0.1) is 6.92 Å². The maximum Gasteiger partial charge on any atom is 0.340 e. The number of H-pyrrole nitrogens is 1. The van der Waals surface area contributed by atoms with E-state index in [1.54, 1.807) is 38.1 Å². The molecule has 160 valence electrons. The molecule has 0 fully saturated rings. The zero-order valence-electron chi connectivity index (χ0n) is 17.3. The minimum absolute atomic E-state index is 0.0254. The van der Waals surface area contributed by atoms with Crippen molar-refractivity contribution in [3.05, 3.63) is 87.3 Å². The van der Waals surface area contributed by atoms with Gasteiger partial charge < -0.3 is 15.0 Å². The third-order valence-electron chi connectivity index (χ3n) is 4.46. The summed E-state index contributed by atoms with van der Waals surface area (Å²) in [5.41, 5.74) is 2.70. The van der Waals surface area contributed by atoms with Gasteiger partial charge >= 0.3 is 5.97 Å². The number of hydrogen-bond donors (Lipinski definition) is 2. The normalized spacial score (nSPS) is 10.5. The molecule has 7 nitrogen and oxygen atoms in total. The molecule has 0 unspecified atom stereocenters. The number of carbonyl (C=O) groups is 2. The SMILES string of the molecule is CCOC(=O)c1ccccc1NC(=O)CSc1nc(C)c(Cc2ccccc2)c(=O)[nH]1. The smallest absolute Gasteiger partial charge is 0.340 e. The van der Waals surface area contributed by atoms with E-state index in [0.29, 0.717) is 28.5 Å². The van der Waals surface area contributed by atoms with E-state index in [9.17, 15) is 14.4 Å². The molecule has 0 spiro atoms. The number of thioether (sulfide) groups is 1. The minimum Gasteiger partial charge on any atom is -0.462 e. The van der Waals surface area contributed by atoms with Crippen molar-refractivity contribution in [2.24, 2.45) is 0 Å². The second-order valence-corrected chi connectivity index (χ2v) is 7.66. The Balaban J connectivity index is 1.65. The largest absolute Gasteiger partial charge is 0.462 e. The summed E-state index contributed by atoms with van der Waals surface area (Å²) in [6, 6.07) is 16.3. The molecule has 0 radical (unpaired) electrons. The lowest BCUT2D eigenvalue weighted by Crippen LogP contribution is -2.20. The molecule has 1 heterocycles. The van der Waals surface area contributed by atoms with Gasteiger partial charge in [-0.05, 0) is 31.5 Å². The Morgan fingerprint density at radius 3 is 2.52 bits per heavy atom. The van der Waals surface area contributed by atoms with Crippen molar-refractivity contribution in [3.8, 4) is 0 Å². The molecular weight excluding hydrogens is 414 g/mol. The number of aryl methyl sites for hydroxylation is 1. The van der Waals surface area contributed by atoms with Crippen LogP contribution in [0.4, 0.5) is 5.69 Å². The van der Waals surface area contributed by atoms with Gasteiger partial charge in [-0.25, -0.2) is 9.78 Å². The first-order valence-corrected chi connectivity index (χ1v) is 10.8. The molecule has 2 aromatic carbocycles. The topological polar surface area (TPSA) is 101 Å². The molecule has 0 aliphatic carbocycles. The monoisotopic (exact) mass is 437 g/mol. The number of amides is 1. The molecule has 0 aliphatic heterocycles. The number of rotatable bonds is 8. The van der Waals surface area contributed by atoms with Crippen LogP contribution in [0.2, 0.25) is 0 Å². The molecule has 0 saturated carbocycles. The zero-order valence-corrected chi connectivity index (χ0v) is 18.1. The Hall–Kier alpha value is -3.39. The summed E-state index contributed by atoms with van der Waals surface area (Å²) >= 11 is 1.12. The predicted molar refractivity (Wildman–Crippen MR) is 121 cm³/mol. The van der Waals surface area contributed by atoms with E-state index in [4.69, 9.17) is 4.74 Å². The van der Waals surface area contributed by atoms with E-state index < -0.39 is 5.97 Å². The summed E-state index contributed by atoms with van der Waals surface area (Å²) in [5, 5.41) is 3.08. The lowest BCUT2D eigenvalue weighted by Gasteiger charge is -2.10. The molecule has 0 bridgehead atoms. The molecule has 0 saturated heterocycles. The van der Waals surface area contributed by atoms with Crippen molar-refractivity contribution in [2.45, 2.75) is 25.4 Å². The molecule has 3 aromatic rings. The number of carbonyl (C=O) groups excluding carboxylic acids is 2. The number of anilines is 1. The molecule has 8 heteroatoms. The van der Waals surface area contributed by atoms with E-state index in [1.165, 1.54) is 0 Å². The van der Waals surface area contributed by atoms with Crippen LogP contribution in [0.1, 0.15) is 34.1 Å². The number of aromatic nitrogens is 2. The molecule has 1 aromatic heterocycles. The van der Waals surface area contributed by atoms with Gasteiger partial charge in [0.2, 0.25) is 5.91 Å². The number of nitrogens with one attached hydrogen (secondary N) is 2. The standard InChI is InChI=1S/C23H23N3O4S/c1-3-30-22(29)17-11-7-8-12-19(17)25-20(27)14-31-23-24-15(2)18(21(28)26-23)13-16-9-5-4-6-10-16/h4-12H,3,13-14H2,1-2H3,(H,25,27)(H,24,26,28). The average molecular weight is 438 g/mol. The Labute approximate surface area is 184 Å². The van der Waals surface area contributed by atoms with Crippen LogP contribution in [0.5, 0.6) is 0 Å². The average Bonchev–Trinajstić information content (AvgIpc) is 2.76. The zero-order chi connectivity index (χ0) is 22.2. The molecule has 2 N–H and O–H groups in total. The van der Waals surface area contributed by atoms with Gasteiger partial charge in [0.05, 0.1) is 23.6 Å². The highest BCUT2D eigenvalue weighted by atomic mass is 32.2. The first-order valence-electron chi connectivity index (χ1n) is 9.80. The third-order valence-corrected chi connectivity index (χ3v) is 5.33. The number of nitrogens with zero attached hydrogens (tertiary/aromatic N) is 1. The maximum atomic E-state index is 12.5. The van der Waals surface area contributed by atoms with Crippen LogP contribution < -0.4 is 10.9 Å². The third kappa shape index (κ3) is 6.05. The number of benzene rings is 2. The maximum absolute atomic E-state index is 12.5. The van der Waals surface area contributed by atoms with Gasteiger partial charge in [-0.1, -0.05) is 54.2 Å². The fourth-order valence-electron chi connectivity index (χ4n) is 2.96. The summed E-state index contributed by atoms with van der Waals surface area (Å²) in [4.78, 5) is 44.1. The van der Waals surface area contributed by atoms with Crippen LogP contribution >= 0.6 is 11.8 Å². The second kappa shape index (κ2) is 10.6. The number of hydrogen-bond acceptors (Lipinski definition) is 6.